The van der Waals surface area contributed by atoms with Crippen LogP contribution in [-0.2, 0) is 0 Å². The largest absolute Gasteiger partial charge is 0.455 e. The second-order valence-corrected chi connectivity index (χ2v) is 11.3. The zero-order valence-electron chi connectivity index (χ0n) is 21.3. The third kappa shape index (κ3) is 2.03. The maximum atomic E-state index is 6.64. The van der Waals surface area contributed by atoms with Crippen LogP contribution in [0, 0.1) is 0 Å². The van der Waals surface area contributed by atoms with Crippen molar-refractivity contribution in [3.63, 3.8) is 0 Å². The van der Waals surface area contributed by atoms with E-state index in [4.69, 9.17) is 4.42 Å². The molecule has 11 rings (SSSR count). The highest BCUT2D eigenvalue weighted by Gasteiger charge is 2.41. The summed E-state index contributed by atoms with van der Waals surface area (Å²) in [4.78, 5) is 0. The molecule has 0 unspecified atom stereocenters. The number of benzene rings is 6. The van der Waals surface area contributed by atoms with Gasteiger partial charge in [-0.1, -0.05) is 84.9 Å². The highest BCUT2D eigenvalue weighted by atomic mass is 16.3. The van der Waals surface area contributed by atoms with Gasteiger partial charge in [-0.3, -0.25) is 0 Å². The number of hydrogen-bond acceptors (Lipinski definition) is 1. The summed E-state index contributed by atoms with van der Waals surface area (Å²) < 4.78 is 11.6. The van der Waals surface area contributed by atoms with E-state index in [-0.39, 0.29) is 6.71 Å². The third-order valence-electron chi connectivity index (χ3n) is 9.49. The van der Waals surface area contributed by atoms with Crippen LogP contribution >= 0.6 is 0 Å². The van der Waals surface area contributed by atoms with E-state index in [1.807, 2.05) is 0 Å². The van der Waals surface area contributed by atoms with Crippen molar-refractivity contribution in [2.75, 3.05) is 0 Å². The molecule has 6 aromatic carbocycles. The van der Waals surface area contributed by atoms with Crippen LogP contribution in [0.5, 0.6) is 0 Å². The number of furan rings is 1. The van der Waals surface area contributed by atoms with Crippen molar-refractivity contribution in [2.45, 2.75) is 0 Å². The van der Waals surface area contributed by atoms with E-state index < -0.39 is 0 Å². The minimum Gasteiger partial charge on any atom is -0.455 e. The van der Waals surface area contributed by atoms with E-state index in [0.29, 0.717) is 0 Å². The molecule has 0 radical (unpaired) electrons. The molecule has 2 aliphatic rings. The number of nitrogens with zero attached hydrogens (tertiary/aromatic N) is 2. The lowest BCUT2D eigenvalue weighted by Gasteiger charge is -2.33. The van der Waals surface area contributed by atoms with Gasteiger partial charge in [-0.15, -0.1) is 0 Å². The Hall–Kier alpha value is -5.22. The van der Waals surface area contributed by atoms with Crippen molar-refractivity contribution in [2.24, 2.45) is 0 Å². The Morgan fingerprint density at radius 1 is 0.500 bits per heavy atom. The molecule has 0 spiro atoms. The maximum Gasteiger partial charge on any atom is 0.252 e. The van der Waals surface area contributed by atoms with E-state index in [1.54, 1.807) is 0 Å². The number of rotatable bonds is 0. The van der Waals surface area contributed by atoms with Crippen molar-refractivity contribution < 1.29 is 4.42 Å². The van der Waals surface area contributed by atoms with Crippen LogP contribution in [0.4, 0.5) is 0 Å². The lowest BCUT2D eigenvalue weighted by atomic mass is 9.34. The first-order valence-corrected chi connectivity index (χ1v) is 13.9. The van der Waals surface area contributed by atoms with E-state index in [1.165, 1.54) is 82.1 Å². The van der Waals surface area contributed by atoms with Crippen LogP contribution in [0.25, 0.3) is 76.9 Å². The quantitative estimate of drug-likeness (QED) is 0.205. The van der Waals surface area contributed by atoms with Gasteiger partial charge in [0.1, 0.15) is 11.2 Å². The zero-order chi connectivity index (χ0) is 25.7. The average molecular weight is 506 g/mol. The number of para-hydroxylation sites is 4. The molecule has 0 amide bonds. The van der Waals surface area contributed by atoms with Crippen molar-refractivity contribution >= 4 is 88.7 Å². The predicted octanol–water partition coefficient (Wildman–Crippen LogP) is 6.92. The Bertz CT molecular complexity index is 2610. The molecule has 0 aliphatic carbocycles. The first-order valence-electron chi connectivity index (χ1n) is 13.9. The number of aromatic nitrogens is 2. The fraction of sp³-hybridized carbons (Fsp3) is 0. The third-order valence-corrected chi connectivity index (χ3v) is 9.49. The zero-order valence-corrected chi connectivity index (χ0v) is 21.3. The lowest BCUT2D eigenvalue weighted by Crippen LogP contribution is -2.59. The highest BCUT2D eigenvalue weighted by Crippen LogP contribution is 2.42. The topological polar surface area (TPSA) is 23.0 Å². The van der Waals surface area contributed by atoms with Crippen LogP contribution in [0.2, 0.25) is 0 Å². The summed E-state index contributed by atoms with van der Waals surface area (Å²) in [7, 11) is 0. The van der Waals surface area contributed by atoms with Gasteiger partial charge >= 0.3 is 0 Å². The molecule has 3 aromatic heterocycles. The molecule has 0 N–H and O–H groups in total. The molecule has 0 bridgehead atoms. The first kappa shape index (κ1) is 19.8. The van der Waals surface area contributed by atoms with E-state index in [0.717, 1.165) is 11.2 Å². The van der Waals surface area contributed by atoms with Crippen molar-refractivity contribution in [3.05, 3.63) is 115 Å². The lowest BCUT2D eigenvalue weighted by molar-refractivity contribution is 0.673. The minimum absolute atomic E-state index is 0.129. The van der Waals surface area contributed by atoms with Crippen LogP contribution in [0.3, 0.4) is 0 Å². The molecule has 0 fully saturated rings. The fourth-order valence-corrected chi connectivity index (χ4v) is 8.07. The van der Waals surface area contributed by atoms with Gasteiger partial charge in [0.25, 0.3) is 6.71 Å². The summed E-state index contributed by atoms with van der Waals surface area (Å²) in [6.07, 6.45) is 0. The Balaban J connectivity index is 1.45. The SMILES string of the molecule is c1cc2c3c(c1)-n1c4ccccc4c4c5oc6ccccc6c5cc(c41)B3c1cccc3c4ccccc4n-2c13. The molecule has 40 heavy (non-hydrogen) atoms. The number of hydrogen-bond donors (Lipinski definition) is 0. The van der Waals surface area contributed by atoms with E-state index in [9.17, 15) is 0 Å². The Labute approximate surface area is 228 Å². The Morgan fingerprint density at radius 3 is 2.00 bits per heavy atom. The van der Waals surface area contributed by atoms with Crippen LogP contribution in [0.1, 0.15) is 0 Å². The Morgan fingerprint density at radius 2 is 1.15 bits per heavy atom. The molecular formula is C36H19BN2O. The smallest absolute Gasteiger partial charge is 0.252 e. The van der Waals surface area contributed by atoms with Gasteiger partial charge in [0.2, 0.25) is 0 Å². The average Bonchev–Trinajstić information content (AvgIpc) is 3.66. The van der Waals surface area contributed by atoms with Crippen molar-refractivity contribution in [1.82, 2.24) is 9.13 Å². The van der Waals surface area contributed by atoms with Gasteiger partial charge in [-0.2, -0.15) is 0 Å². The highest BCUT2D eigenvalue weighted by molar-refractivity contribution is 7.00. The molecule has 0 atom stereocenters. The van der Waals surface area contributed by atoms with Crippen LogP contribution in [-0.4, -0.2) is 15.8 Å². The molecule has 9 aromatic rings. The molecule has 3 nitrogen and oxygen atoms in total. The molecule has 5 heterocycles. The van der Waals surface area contributed by atoms with Gasteiger partial charge in [-0.05, 0) is 46.7 Å². The normalized spacial score (nSPS) is 13.4. The van der Waals surface area contributed by atoms with Gasteiger partial charge in [-0.25, -0.2) is 0 Å². The van der Waals surface area contributed by atoms with E-state index >= 15 is 0 Å². The van der Waals surface area contributed by atoms with Gasteiger partial charge in [0, 0.05) is 43.8 Å². The summed E-state index contributed by atoms with van der Waals surface area (Å²) in [5.74, 6) is 0. The monoisotopic (exact) mass is 506 g/mol. The molecular weight excluding hydrogens is 487 g/mol. The Kier molecular flexibility index (Phi) is 3.21. The van der Waals surface area contributed by atoms with Crippen molar-refractivity contribution in [3.8, 4) is 11.4 Å². The first-order chi connectivity index (χ1) is 19.9. The van der Waals surface area contributed by atoms with Crippen LogP contribution in [0.15, 0.2) is 120 Å². The van der Waals surface area contributed by atoms with Gasteiger partial charge in [0.15, 0.2) is 0 Å². The summed E-state index contributed by atoms with van der Waals surface area (Å²) in [6.45, 7) is 0.129. The molecule has 182 valence electrons. The fourth-order valence-electron chi connectivity index (χ4n) is 8.07. The molecule has 0 saturated carbocycles. The van der Waals surface area contributed by atoms with Crippen LogP contribution < -0.4 is 16.4 Å². The minimum atomic E-state index is 0.129. The van der Waals surface area contributed by atoms with E-state index in [2.05, 4.69) is 124 Å². The van der Waals surface area contributed by atoms with Gasteiger partial charge in [0.05, 0.1) is 21.9 Å². The maximum absolute atomic E-state index is 6.64. The molecule has 2 aliphatic heterocycles. The summed E-state index contributed by atoms with van der Waals surface area (Å²) >= 11 is 0. The summed E-state index contributed by atoms with van der Waals surface area (Å²) in [5.41, 5.74) is 13.7. The summed E-state index contributed by atoms with van der Waals surface area (Å²) in [5, 5.41) is 7.45. The standard InChI is InChI=1S/C36H19BN2O/c1-4-14-27-20(9-1)22-12-7-13-25-34(22)38(27)29-16-8-17-30-33(29)37(25)26-19-24-21-10-3-6-18-31(21)40-36(24)32-23-11-2-5-15-28(23)39(30)35(26)32/h1-19H. The second-order valence-electron chi connectivity index (χ2n) is 11.3. The summed E-state index contributed by atoms with van der Waals surface area (Å²) in [6, 6.07) is 42.3. The van der Waals surface area contributed by atoms with Crippen molar-refractivity contribution in [1.29, 1.82) is 0 Å². The number of fused-ring (bicyclic) bond motifs is 14. The molecule has 0 saturated heterocycles. The van der Waals surface area contributed by atoms with Gasteiger partial charge < -0.3 is 13.6 Å². The second kappa shape index (κ2) is 6.49. The molecule has 4 heteroatoms. The predicted molar refractivity (Wildman–Crippen MR) is 167 cm³/mol.